The van der Waals surface area contributed by atoms with Crippen LogP contribution in [-0.4, -0.2) is 36.9 Å². The minimum absolute atomic E-state index is 0.0568. The van der Waals surface area contributed by atoms with Crippen LogP contribution in [0.15, 0.2) is 47.5 Å². The van der Waals surface area contributed by atoms with Gasteiger partial charge in [0, 0.05) is 12.3 Å². The van der Waals surface area contributed by atoms with Gasteiger partial charge >= 0.3 is 6.18 Å². The maximum Gasteiger partial charge on any atom is 0.416 e. The van der Waals surface area contributed by atoms with Gasteiger partial charge in [0.15, 0.2) is 0 Å². The van der Waals surface area contributed by atoms with Crippen molar-refractivity contribution in [2.24, 2.45) is 0 Å². The van der Waals surface area contributed by atoms with Crippen molar-refractivity contribution >= 4 is 10.0 Å². The predicted molar refractivity (Wildman–Crippen MR) is 97.6 cm³/mol. The molecule has 0 unspecified atom stereocenters. The van der Waals surface area contributed by atoms with Crippen molar-refractivity contribution in [3.05, 3.63) is 53.7 Å². The summed E-state index contributed by atoms with van der Waals surface area (Å²) in [7, 11) is -3.67. The van der Waals surface area contributed by atoms with Crippen LogP contribution >= 0.6 is 0 Å². The Morgan fingerprint density at radius 1 is 1.04 bits per heavy atom. The molecule has 0 radical (unpaired) electrons. The Labute approximate surface area is 162 Å². The summed E-state index contributed by atoms with van der Waals surface area (Å²) in [4.78, 5) is 3.94. The van der Waals surface area contributed by atoms with Crippen LogP contribution in [0.2, 0.25) is 0 Å². The molecule has 5 nitrogen and oxygen atoms in total. The highest BCUT2D eigenvalue weighted by Gasteiger charge is 2.39. The van der Waals surface area contributed by atoms with E-state index < -0.39 is 27.9 Å². The zero-order valence-electron chi connectivity index (χ0n) is 15.7. The lowest BCUT2D eigenvalue weighted by Crippen LogP contribution is -2.56. The molecule has 0 bridgehead atoms. The van der Waals surface area contributed by atoms with Crippen molar-refractivity contribution in [1.29, 1.82) is 0 Å². The van der Waals surface area contributed by atoms with Crippen molar-refractivity contribution in [2.75, 3.05) is 13.1 Å². The summed E-state index contributed by atoms with van der Waals surface area (Å²) in [5.74, 6) is -0.175. The fourth-order valence-corrected chi connectivity index (χ4v) is 4.27. The maximum absolute atomic E-state index is 12.7. The molecule has 0 spiro atoms. The topological polar surface area (TPSA) is 59.5 Å². The molecular formula is C19H21F3N2O3S. The lowest BCUT2D eigenvalue weighted by molar-refractivity contribution is -0.137. The SMILES string of the molecule is CC(C)(C)c1ccc(S(=O)(=O)N2CC(Oc3cc(C(F)(F)F)ccn3)C2)cc1. The fraction of sp³-hybridized carbons (Fsp3) is 0.421. The number of alkyl halides is 3. The van der Waals surface area contributed by atoms with Crippen LogP contribution in [0.25, 0.3) is 0 Å². The molecular weight excluding hydrogens is 393 g/mol. The highest BCUT2D eigenvalue weighted by molar-refractivity contribution is 7.89. The molecule has 0 saturated carbocycles. The molecule has 1 aromatic heterocycles. The second-order valence-electron chi connectivity index (χ2n) is 7.72. The molecule has 1 aromatic carbocycles. The van der Waals surface area contributed by atoms with Gasteiger partial charge in [-0.2, -0.15) is 17.5 Å². The lowest BCUT2D eigenvalue weighted by Gasteiger charge is -2.37. The highest BCUT2D eigenvalue weighted by Crippen LogP contribution is 2.32. The van der Waals surface area contributed by atoms with E-state index in [4.69, 9.17) is 4.74 Å². The number of pyridine rings is 1. The van der Waals surface area contributed by atoms with Gasteiger partial charge in [0.2, 0.25) is 15.9 Å². The van der Waals surface area contributed by atoms with Gasteiger partial charge < -0.3 is 4.74 Å². The quantitative estimate of drug-likeness (QED) is 0.763. The van der Waals surface area contributed by atoms with E-state index in [9.17, 15) is 21.6 Å². The average molecular weight is 414 g/mol. The third-order valence-corrected chi connectivity index (χ3v) is 6.37. The Kier molecular flexibility index (Phi) is 5.18. The number of halogens is 3. The standard InChI is InChI=1S/C19H21F3N2O3S/c1-18(2,3)13-4-6-16(7-5-13)28(25,26)24-11-15(12-24)27-17-10-14(8-9-23-17)19(20,21)22/h4-10,15H,11-12H2,1-3H3. The number of ether oxygens (including phenoxy) is 1. The molecule has 1 aliphatic heterocycles. The smallest absolute Gasteiger partial charge is 0.416 e. The van der Waals surface area contributed by atoms with Crippen LogP contribution in [-0.2, 0) is 21.6 Å². The van der Waals surface area contributed by atoms with Gasteiger partial charge in [-0.15, -0.1) is 0 Å². The minimum Gasteiger partial charge on any atom is -0.472 e. The summed E-state index contributed by atoms with van der Waals surface area (Å²) in [6.07, 6.45) is -4.02. The number of hydrogen-bond donors (Lipinski definition) is 0. The molecule has 1 saturated heterocycles. The molecule has 3 rings (SSSR count). The Balaban J connectivity index is 1.64. The fourth-order valence-electron chi connectivity index (χ4n) is 2.77. The number of aromatic nitrogens is 1. The monoisotopic (exact) mass is 414 g/mol. The number of nitrogens with zero attached hydrogens (tertiary/aromatic N) is 2. The van der Waals surface area contributed by atoms with Crippen LogP contribution < -0.4 is 4.74 Å². The van der Waals surface area contributed by atoms with Gasteiger partial charge in [-0.05, 0) is 29.2 Å². The molecule has 28 heavy (non-hydrogen) atoms. The molecule has 1 fully saturated rings. The number of sulfonamides is 1. The van der Waals surface area contributed by atoms with Gasteiger partial charge in [0.25, 0.3) is 0 Å². The van der Waals surface area contributed by atoms with E-state index in [0.29, 0.717) is 0 Å². The van der Waals surface area contributed by atoms with Crippen LogP contribution in [0.3, 0.4) is 0 Å². The summed E-state index contributed by atoms with van der Waals surface area (Å²) >= 11 is 0. The molecule has 9 heteroatoms. The molecule has 2 heterocycles. The second-order valence-corrected chi connectivity index (χ2v) is 9.65. The van der Waals surface area contributed by atoms with E-state index in [1.807, 2.05) is 20.8 Å². The first-order valence-electron chi connectivity index (χ1n) is 8.68. The number of hydrogen-bond acceptors (Lipinski definition) is 4. The molecule has 2 aromatic rings. The maximum atomic E-state index is 12.7. The second kappa shape index (κ2) is 7.04. The predicted octanol–water partition coefficient (Wildman–Crippen LogP) is 3.85. The van der Waals surface area contributed by atoms with E-state index >= 15 is 0 Å². The van der Waals surface area contributed by atoms with Gasteiger partial charge in [0.05, 0.1) is 23.5 Å². The van der Waals surface area contributed by atoms with Gasteiger partial charge in [-0.25, -0.2) is 13.4 Å². The summed E-state index contributed by atoms with van der Waals surface area (Å²) in [6, 6.07) is 8.37. The van der Waals surface area contributed by atoms with E-state index in [0.717, 1.165) is 23.9 Å². The first-order valence-corrected chi connectivity index (χ1v) is 10.1. The Morgan fingerprint density at radius 3 is 2.18 bits per heavy atom. The molecule has 1 aliphatic rings. The Hall–Kier alpha value is -2.13. The van der Waals surface area contributed by atoms with Crippen LogP contribution in [0.1, 0.15) is 31.9 Å². The molecule has 0 atom stereocenters. The van der Waals surface area contributed by atoms with E-state index in [1.165, 1.54) is 4.31 Å². The zero-order valence-corrected chi connectivity index (χ0v) is 16.5. The van der Waals surface area contributed by atoms with E-state index in [-0.39, 0.29) is 29.3 Å². The molecule has 0 aliphatic carbocycles. The Morgan fingerprint density at radius 2 is 1.64 bits per heavy atom. The van der Waals surface area contributed by atoms with Crippen LogP contribution in [0.4, 0.5) is 13.2 Å². The van der Waals surface area contributed by atoms with Gasteiger partial charge in [-0.3, -0.25) is 0 Å². The largest absolute Gasteiger partial charge is 0.472 e. The lowest BCUT2D eigenvalue weighted by atomic mass is 9.87. The van der Waals surface area contributed by atoms with Crippen molar-refractivity contribution < 1.29 is 26.3 Å². The zero-order chi connectivity index (χ0) is 20.7. The summed E-state index contributed by atoms with van der Waals surface area (Å²) < 4.78 is 70.2. The normalized spacial score (nSPS) is 16.6. The van der Waals surface area contributed by atoms with Crippen molar-refractivity contribution in [1.82, 2.24) is 9.29 Å². The number of benzene rings is 1. The summed E-state index contributed by atoms with van der Waals surface area (Å²) in [5.41, 5.74) is 0.0720. The molecule has 0 N–H and O–H groups in total. The van der Waals surface area contributed by atoms with Crippen LogP contribution in [0.5, 0.6) is 5.88 Å². The summed E-state index contributed by atoms with van der Waals surface area (Å²) in [6.45, 7) is 6.23. The molecule has 0 amide bonds. The highest BCUT2D eigenvalue weighted by atomic mass is 32.2. The third kappa shape index (κ3) is 4.30. The van der Waals surface area contributed by atoms with Crippen molar-refractivity contribution in [3.8, 4) is 5.88 Å². The van der Waals surface area contributed by atoms with Crippen LogP contribution in [0, 0.1) is 0 Å². The van der Waals surface area contributed by atoms with E-state index in [1.54, 1.807) is 24.3 Å². The summed E-state index contributed by atoms with van der Waals surface area (Å²) in [5, 5.41) is 0. The first kappa shape index (κ1) is 20.6. The number of rotatable bonds is 4. The molecule has 152 valence electrons. The Bertz CT molecular complexity index is 946. The van der Waals surface area contributed by atoms with Crippen molar-refractivity contribution in [3.63, 3.8) is 0 Å². The average Bonchev–Trinajstić information content (AvgIpc) is 2.56. The van der Waals surface area contributed by atoms with E-state index in [2.05, 4.69) is 4.98 Å². The van der Waals surface area contributed by atoms with Gasteiger partial charge in [-0.1, -0.05) is 32.9 Å². The van der Waals surface area contributed by atoms with Gasteiger partial charge in [0.1, 0.15) is 6.10 Å². The minimum atomic E-state index is -4.49. The first-order chi connectivity index (χ1) is 12.9. The van der Waals surface area contributed by atoms with Crippen molar-refractivity contribution in [2.45, 2.75) is 43.4 Å². The third-order valence-electron chi connectivity index (χ3n) is 4.52.